The van der Waals surface area contributed by atoms with Gasteiger partial charge in [0.05, 0.1) is 0 Å². The largest absolute Gasteiger partial charge is 1.00 e. The Morgan fingerprint density at radius 1 is 1.42 bits per heavy atom. The van der Waals surface area contributed by atoms with E-state index in [1.165, 1.54) is 25.7 Å². The van der Waals surface area contributed by atoms with E-state index in [1.54, 1.807) is 33.6 Å². The molecule has 0 fully saturated rings. The molecule has 1 rings (SSSR count). The first-order chi connectivity index (χ1) is 4.83. The summed E-state index contributed by atoms with van der Waals surface area (Å²) in [5, 5.41) is 0. The summed E-state index contributed by atoms with van der Waals surface area (Å²) in [6.07, 6.45) is 9.95. The standard InChI is InChI=1S/C9H13.2ClH.Zr/c1-2-3-6-9-7-4-5-8-9;;;/h7-8H,2-4,6H2,1H3;2*1H;/q;;;+2/p-2. The van der Waals surface area contributed by atoms with Crippen LogP contribution in [0.2, 0.25) is 0 Å². The molecule has 1 aliphatic rings. The molecule has 0 unspecified atom stereocenters. The van der Waals surface area contributed by atoms with Crippen LogP contribution in [-0.2, 0) is 24.7 Å². The fourth-order valence-corrected chi connectivity index (χ4v) is 1.84. The van der Waals surface area contributed by atoms with Crippen molar-refractivity contribution in [3.63, 3.8) is 0 Å². The van der Waals surface area contributed by atoms with Crippen LogP contribution in [0.1, 0.15) is 32.6 Å². The van der Waals surface area contributed by atoms with Gasteiger partial charge in [0.25, 0.3) is 0 Å². The van der Waals surface area contributed by atoms with Crippen LogP contribution in [0.3, 0.4) is 0 Å². The number of allylic oxidation sites excluding steroid dienone is 4. The van der Waals surface area contributed by atoms with E-state index in [0.717, 1.165) is 0 Å². The molecule has 0 aromatic carbocycles. The second kappa shape index (κ2) is 8.54. The van der Waals surface area contributed by atoms with Crippen LogP contribution in [-0.4, -0.2) is 0 Å². The Balaban J connectivity index is 0. The minimum Gasteiger partial charge on any atom is -1.00 e. The Bertz CT molecular complexity index is 173. The first kappa shape index (κ1) is 15.4. The summed E-state index contributed by atoms with van der Waals surface area (Å²) in [4.78, 5) is 0. The monoisotopic (exact) mass is 281 g/mol. The van der Waals surface area contributed by atoms with Crippen LogP contribution in [0.5, 0.6) is 0 Å². The van der Waals surface area contributed by atoms with Crippen molar-refractivity contribution in [2.45, 2.75) is 32.6 Å². The maximum Gasteiger partial charge on any atom is -1.00 e. The fourth-order valence-electron chi connectivity index (χ4n) is 1.14. The Hall–Kier alpha value is 0.943. The van der Waals surface area contributed by atoms with Gasteiger partial charge in [0.2, 0.25) is 0 Å². The molecule has 1 aliphatic carbocycles. The third kappa shape index (κ3) is 5.57. The number of halogens is 2. The molecule has 0 saturated carbocycles. The summed E-state index contributed by atoms with van der Waals surface area (Å²) in [5.74, 6) is 0. The van der Waals surface area contributed by atoms with E-state index < -0.39 is 0 Å². The number of hydrogen-bond donors (Lipinski definition) is 0. The van der Waals surface area contributed by atoms with Crippen LogP contribution < -0.4 is 24.8 Å². The zero-order chi connectivity index (χ0) is 7.40. The molecule has 3 heteroatoms. The molecule has 0 heterocycles. The van der Waals surface area contributed by atoms with Crippen molar-refractivity contribution < 1.29 is 49.5 Å². The Morgan fingerprint density at radius 3 is 2.50 bits per heavy atom. The second-order valence-corrected chi connectivity index (χ2v) is 4.33. The van der Waals surface area contributed by atoms with Crippen molar-refractivity contribution in [1.29, 1.82) is 0 Å². The molecular weight excluding hydrogens is 270 g/mol. The molecule has 0 saturated heterocycles. The van der Waals surface area contributed by atoms with Gasteiger partial charge < -0.3 is 24.8 Å². The van der Waals surface area contributed by atoms with E-state index >= 15 is 0 Å². The molecule has 12 heavy (non-hydrogen) atoms. The molecule has 67 valence electrons. The topological polar surface area (TPSA) is 0 Å². The maximum atomic E-state index is 2.37. The van der Waals surface area contributed by atoms with Gasteiger partial charge in [0.1, 0.15) is 0 Å². The molecule has 0 aliphatic heterocycles. The van der Waals surface area contributed by atoms with Crippen LogP contribution >= 0.6 is 0 Å². The normalized spacial score (nSPS) is 14.2. The summed E-state index contributed by atoms with van der Waals surface area (Å²) in [6, 6.07) is 0. The molecule has 0 N–H and O–H groups in total. The summed E-state index contributed by atoms with van der Waals surface area (Å²) >= 11 is 1.59. The third-order valence-electron chi connectivity index (χ3n) is 1.76. The van der Waals surface area contributed by atoms with Crippen molar-refractivity contribution in [2.24, 2.45) is 0 Å². The molecule has 0 amide bonds. The zero-order valence-electron chi connectivity index (χ0n) is 7.24. The predicted molar refractivity (Wildman–Crippen MR) is 40.3 cm³/mol. The van der Waals surface area contributed by atoms with Crippen molar-refractivity contribution in [1.82, 2.24) is 0 Å². The van der Waals surface area contributed by atoms with Crippen molar-refractivity contribution in [2.75, 3.05) is 0 Å². The van der Waals surface area contributed by atoms with Gasteiger partial charge >= 0.3 is 78.3 Å². The quantitative estimate of drug-likeness (QED) is 0.516. The minimum absolute atomic E-state index is 0. The molecule has 0 radical (unpaired) electrons. The summed E-state index contributed by atoms with van der Waals surface area (Å²) in [6.45, 7) is 2.25. The van der Waals surface area contributed by atoms with Crippen molar-refractivity contribution >= 4 is 0 Å². The molecule has 0 aromatic heterocycles. The van der Waals surface area contributed by atoms with Gasteiger partial charge in [-0.1, -0.05) is 0 Å². The van der Waals surface area contributed by atoms with Gasteiger partial charge in [0, 0.05) is 0 Å². The molecule has 0 nitrogen and oxygen atoms in total. The van der Waals surface area contributed by atoms with Crippen LogP contribution in [0.4, 0.5) is 0 Å². The first-order valence-corrected chi connectivity index (χ1v) is 5.17. The van der Waals surface area contributed by atoms with Gasteiger partial charge in [-0.3, -0.25) is 0 Å². The minimum atomic E-state index is 0. The summed E-state index contributed by atoms with van der Waals surface area (Å²) < 4.78 is 1.61. The van der Waals surface area contributed by atoms with E-state index in [-0.39, 0.29) is 24.8 Å². The smallest absolute Gasteiger partial charge is 1.00 e. The van der Waals surface area contributed by atoms with Gasteiger partial charge in [-0.15, -0.1) is 0 Å². The summed E-state index contributed by atoms with van der Waals surface area (Å²) in [5.41, 5.74) is 1.58. The Morgan fingerprint density at radius 2 is 2.08 bits per heavy atom. The van der Waals surface area contributed by atoms with Crippen molar-refractivity contribution in [3.8, 4) is 0 Å². The van der Waals surface area contributed by atoms with Gasteiger partial charge in [-0.05, 0) is 0 Å². The van der Waals surface area contributed by atoms with E-state index in [2.05, 4.69) is 19.1 Å². The zero-order valence-corrected chi connectivity index (χ0v) is 11.2. The van der Waals surface area contributed by atoms with Crippen LogP contribution in [0.15, 0.2) is 21.0 Å². The van der Waals surface area contributed by atoms with Crippen LogP contribution in [0.25, 0.3) is 0 Å². The Kier molecular flexibility index (Phi) is 11.0. The fraction of sp³-hybridized carbons (Fsp3) is 0.556. The average Bonchev–Trinajstić information content (AvgIpc) is 2.31. The van der Waals surface area contributed by atoms with Gasteiger partial charge in [-0.25, -0.2) is 0 Å². The summed E-state index contributed by atoms with van der Waals surface area (Å²) in [7, 11) is 0. The first-order valence-electron chi connectivity index (χ1n) is 3.94. The van der Waals surface area contributed by atoms with E-state index in [1.807, 2.05) is 0 Å². The van der Waals surface area contributed by atoms with Crippen molar-refractivity contribution in [3.05, 3.63) is 21.0 Å². The SMILES string of the molecule is CCCCC1=CC[C]([Zr+2])=C1.[Cl-].[Cl-]. The molecule has 0 bridgehead atoms. The third-order valence-corrected chi connectivity index (χ3v) is 2.62. The number of hydrogen-bond acceptors (Lipinski definition) is 0. The maximum absolute atomic E-state index is 2.37. The average molecular weight is 283 g/mol. The van der Waals surface area contributed by atoms with E-state index in [0.29, 0.717) is 0 Å². The molecule has 0 atom stereocenters. The number of unbranched alkanes of at least 4 members (excludes halogenated alkanes) is 1. The molecular formula is C9H13Cl2Zr. The van der Waals surface area contributed by atoms with Crippen LogP contribution in [0, 0.1) is 0 Å². The van der Waals surface area contributed by atoms with Gasteiger partial charge in [0.15, 0.2) is 0 Å². The van der Waals surface area contributed by atoms with E-state index in [9.17, 15) is 0 Å². The molecule has 0 spiro atoms. The van der Waals surface area contributed by atoms with Gasteiger partial charge in [-0.2, -0.15) is 0 Å². The number of rotatable bonds is 3. The van der Waals surface area contributed by atoms with E-state index in [4.69, 9.17) is 0 Å². The predicted octanol–water partition coefficient (Wildman–Crippen LogP) is -3.05. The molecule has 0 aromatic rings. The second-order valence-electron chi connectivity index (χ2n) is 2.76. The Labute approximate surface area is 103 Å².